The fraction of sp³-hybridized carbons (Fsp3) is 0.333. The van der Waals surface area contributed by atoms with Crippen molar-refractivity contribution in [2.24, 2.45) is 0 Å². The van der Waals surface area contributed by atoms with Crippen molar-refractivity contribution in [2.75, 3.05) is 6.54 Å². The third-order valence-corrected chi connectivity index (χ3v) is 1.94. The highest BCUT2D eigenvalue weighted by Crippen LogP contribution is 2.17. The zero-order valence-corrected chi connectivity index (χ0v) is 7.99. The molecule has 0 aliphatic carbocycles. The van der Waals surface area contributed by atoms with E-state index in [2.05, 4.69) is 5.32 Å². The summed E-state index contributed by atoms with van der Waals surface area (Å²) in [6.45, 7) is -0.400. The molecular formula is C9H9ClF3N. The summed E-state index contributed by atoms with van der Waals surface area (Å²) in [5.41, 5.74) is 0.290. The minimum absolute atomic E-state index is 0.00125. The van der Waals surface area contributed by atoms with Gasteiger partial charge in [-0.25, -0.2) is 13.2 Å². The molecule has 1 aromatic rings. The summed E-state index contributed by atoms with van der Waals surface area (Å²) >= 11 is 5.50. The van der Waals surface area contributed by atoms with E-state index in [4.69, 9.17) is 11.6 Å². The summed E-state index contributed by atoms with van der Waals surface area (Å²) in [5.74, 6) is -0.559. The van der Waals surface area contributed by atoms with Crippen molar-refractivity contribution in [3.05, 3.63) is 34.6 Å². The Hall–Kier alpha value is -0.740. The van der Waals surface area contributed by atoms with Gasteiger partial charge in [0, 0.05) is 12.1 Å². The zero-order chi connectivity index (χ0) is 10.6. The Labute approximate surface area is 84.9 Å². The zero-order valence-electron chi connectivity index (χ0n) is 7.24. The van der Waals surface area contributed by atoms with Gasteiger partial charge in [0.1, 0.15) is 5.82 Å². The second-order valence-electron chi connectivity index (χ2n) is 2.73. The Balaban J connectivity index is 2.54. The van der Waals surface area contributed by atoms with E-state index >= 15 is 0 Å². The highest BCUT2D eigenvalue weighted by atomic mass is 35.5. The van der Waals surface area contributed by atoms with E-state index in [0.717, 1.165) is 0 Å². The lowest BCUT2D eigenvalue weighted by Gasteiger charge is -2.05. The van der Waals surface area contributed by atoms with Crippen LogP contribution in [-0.4, -0.2) is 13.0 Å². The number of nitrogens with one attached hydrogen (secondary N) is 1. The smallest absolute Gasteiger partial charge is 0.250 e. The molecule has 1 rings (SSSR count). The van der Waals surface area contributed by atoms with Gasteiger partial charge in [0.15, 0.2) is 0 Å². The van der Waals surface area contributed by atoms with Crippen LogP contribution >= 0.6 is 11.6 Å². The first-order valence-corrected chi connectivity index (χ1v) is 4.41. The maximum atomic E-state index is 13.2. The molecular weight excluding hydrogens is 215 g/mol. The SMILES string of the molecule is Fc1c(Cl)cccc1CNCC(F)F. The lowest BCUT2D eigenvalue weighted by atomic mass is 10.2. The molecule has 0 unspecified atom stereocenters. The normalized spacial score (nSPS) is 10.9. The summed E-state index contributed by atoms with van der Waals surface area (Å²) in [4.78, 5) is 0. The van der Waals surface area contributed by atoms with E-state index in [1.807, 2.05) is 0 Å². The van der Waals surface area contributed by atoms with E-state index < -0.39 is 18.8 Å². The van der Waals surface area contributed by atoms with Crippen LogP contribution in [0.3, 0.4) is 0 Å². The van der Waals surface area contributed by atoms with Gasteiger partial charge in [-0.1, -0.05) is 23.7 Å². The van der Waals surface area contributed by atoms with E-state index in [9.17, 15) is 13.2 Å². The molecule has 0 aromatic heterocycles. The molecule has 1 nitrogen and oxygen atoms in total. The average Bonchev–Trinajstić information content (AvgIpc) is 2.12. The first-order chi connectivity index (χ1) is 6.61. The molecule has 0 aliphatic rings. The number of hydrogen-bond acceptors (Lipinski definition) is 1. The molecule has 5 heteroatoms. The van der Waals surface area contributed by atoms with Crippen LogP contribution in [0.4, 0.5) is 13.2 Å². The van der Waals surface area contributed by atoms with Gasteiger partial charge in [-0.05, 0) is 6.07 Å². The highest BCUT2D eigenvalue weighted by molar-refractivity contribution is 6.30. The molecule has 1 N–H and O–H groups in total. The average molecular weight is 224 g/mol. The van der Waals surface area contributed by atoms with Gasteiger partial charge in [-0.15, -0.1) is 0 Å². The third kappa shape index (κ3) is 3.20. The lowest BCUT2D eigenvalue weighted by Crippen LogP contribution is -2.21. The van der Waals surface area contributed by atoms with Gasteiger partial charge in [-0.3, -0.25) is 0 Å². The monoisotopic (exact) mass is 223 g/mol. The molecule has 1 aromatic carbocycles. The van der Waals surface area contributed by atoms with Crippen molar-refractivity contribution in [3.8, 4) is 0 Å². The molecule has 0 atom stereocenters. The Kier molecular flexibility index (Phi) is 4.22. The predicted octanol–water partition coefficient (Wildman–Crippen LogP) is 2.83. The summed E-state index contributed by atoms with van der Waals surface area (Å²) < 4.78 is 36.6. The predicted molar refractivity (Wildman–Crippen MR) is 49.1 cm³/mol. The van der Waals surface area contributed by atoms with Crippen LogP contribution < -0.4 is 5.32 Å². The van der Waals surface area contributed by atoms with E-state index in [0.29, 0.717) is 0 Å². The Morgan fingerprint density at radius 2 is 2.07 bits per heavy atom. The van der Waals surface area contributed by atoms with E-state index in [-0.39, 0.29) is 17.1 Å². The Morgan fingerprint density at radius 3 is 2.71 bits per heavy atom. The van der Waals surface area contributed by atoms with Gasteiger partial charge in [-0.2, -0.15) is 0 Å². The van der Waals surface area contributed by atoms with Crippen molar-refractivity contribution >= 4 is 11.6 Å². The van der Waals surface area contributed by atoms with Gasteiger partial charge in [0.25, 0.3) is 6.43 Å². The maximum Gasteiger partial charge on any atom is 0.250 e. The largest absolute Gasteiger partial charge is 0.307 e. The lowest BCUT2D eigenvalue weighted by molar-refractivity contribution is 0.145. The Bertz CT molecular complexity index is 304. The summed E-state index contributed by atoms with van der Waals surface area (Å²) in [5, 5.41) is 2.42. The number of alkyl halides is 2. The number of hydrogen-bond donors (Lipinski definition) is 1. The Morgan fingerprint density at radius 1 is 1.36 bits per heavy atom. The quantitative estimate of drug-likeness (QED) is 0.828. The van der Waals surface area contributed by atoms with E-state index in [1.165, 1.54) is 12.1 Å². The minimum atomic E-state index is -2.43. The standard InChI is InChI=1S/C9H9ClF3N/c10-7-3-1-2-6(9(7)13)4-14-5-8(11)12/h1-3,8,14H,4-5H2. The maximum absolute atomic E-state index is 13.2. The number of benzene rings is 1. The molecule has 0 bridgehead atoms. The van der Waals surface area contributed by atoms with Crippen molar-refractivity contribution in [2.45, 2.75) is 13.0 Å². The van der Waals surface area contributed by atoms with Crippen molar-refractivity contribution in [1.29, 1.82) is 0 Å². The van der Waals surface area contributed by atoms with Crippen LogP contribution in [0.1, 0.15) is 5.56 Å². The second-order valence-corrected chi connectivity index (χ2v) is 3.14. The molecule has 0 amide bonds. The van der Waals surface area contributed by atoms with Crippen LogP contribution in [0.2, 0.25) is 5.02 Å². The summed E-state index contributed by atoms with van der Waals surface area (Å²) in [6.07, 6.45) is -2.43. The topological polar surface area (TPSA) is 12.0 Å². The molecule has 0 saturated heterocycles. The minimum Gasteiger partial charge on any atom is -0.307 e. The van der Waals surface area contributed by atoms with Crippen molar-refractivity contribution in [3.63, 3.8) is 0 Å². The van der Waals surface area contributed by atoms with Crippen LogP contribution in [0, 0.1) is 5.82 Å². The molecule has 0 fully saturated rings. The summed E-state index contributed by atoms with van der Waals surface area (Å²) in [7, 11) is 0. The molecule has 78 valence electrons. The molecule has 0 aliphatic heterocycles. The van der Waals surface area contributed by atoms with Crippen molar-refractivity contribution in [1.82, 2.24) is 5.32 Å². The van der Waals surface area contributed by atoms with Crippen LogP contribution in [0.15, 0.2) is 18.2 Å². The molecule has 0 spiro atoms. The fourth-order valence-corrected chi connectivity index (χ4v) is 1.20. The fourth-order valence-electron chi connectivity index (χ4n) is 1.00. The van der Waals surface area contributed by atoms with Gasteiger partial charge in [0.05, 0.1) is 11.6 Å². The van der Waals surface area contributed by atoms with Crippen LogP contribution in [0.5, 0.6) is 0 Å². The molecule has 0 heterocycles. The molecule has 14 heavy (non-hydrogen) atoms. The second kappa shape index (κ2) is 5.22. The number of rotatable bonds is 4. The van der Waals surface area contributed by atoms with Gasteiger partial charge < -0.3 is 5.32 Å². The first-order valence-electron chi connectivity index (χ1n) is 4.03. The van der Waals surface area contributed by atoms with E-state index in [1.54, 1.807) is 6.07 Å². The van der Waals surface area contributed by atoms with Crippen molar-refractivity contribution < 1.29 is 13.2 Å². The van der Waals surface area contributed by atoms with Gasteiger partial charge in [0.2, 0.25) is 0 Å². The van der Waals surface area contributed by atoms with Crippen LogP contribution in [0.25, 0.3) is 0 Å². The third-order valence-electron chi connectivity index (χ3n) is 1.65. The molecule has 0 radical (unpaired) electrons. The highest BCUT2D eigenvalue weighted by Gasteiger charge is 2.06. The first kappa shape index (κ1) is 11.3. The van der Waals surface area contributed by atoms with Crippen LogP contribution in [-0.2, 0) is 6.54 Å². The number of halogens is 4. The molecule has 0 saturated carbocycles. The van der Waals surface area contributed by atoms with Gasteiger partial charge >= 0.3 is 0 Å². The summed E-state index contributed by atoms with van der Waals surface area (Å²) in [6, 6.07) is 4.48.